The van der Waals surface area contributed by atoms with Gasteiger partial charge in [-0.1, -0.05) is 49.6 Å². The van der Waals surface area contributed by atoms with E-state index in [2.05, 4.69) is 4.90 Å². The number of carbonyl (C=O) groups excluding carboxylic acids is 2. The van der Waals surface area contributed by atoms with Crippen molar-refractivity contribution in [2.24, 2.45) is 0 Å². The van der Waals surface area contributed by atoms with Crippen LogP contribution in [0, 0.1) is 0 Å². The van der Waals surface area contributed by atoms with Gasteiger partial charge in [-0.05, 0) is 37.1 Å². The van der Waals surface area contributed by atoms with Gasteiger partial charge in [0.1, 0.15) is 6.61 Å². The number of hydrogen-bond donors (Lipinski definition) is 0. The summed E-state index contributed by atoms with van der Waals surface area (Å²) in [5.41, 5.74) is 0.989. The molecule has 2 heterocycles. The normalized spacial score (nSPS) is 21.2. The van der Waals surface area contributed by atoms with Gasteiger partial charge >= 0.3 is 0 Å². The minimum Gasteiger partial charge on any atom is -0.485 e. The summed E-state index contributed by atoms with van der Waals surface area (Å²) in [6.45, 7) is 3.13. The molecule has 2 aromatic carbocycles. The Bertz CT molecular complexity index is 984. The van der Waals surface area contributed by atoms with E-state index in [-0.39, 0.29) is 24.5 Å². The van der Waals surface area contributed by atoms with Crippen molar-refractivity contribution in [1.82, 2.24) is 9.80 Å². The molecule has 2 aromatic rings. The monoisotopic (exact) mass is 463 g/mol. The van der Waals surface area contributed by atoms with E-state index in [4.69, 9.17) is 9.47 Å². The Morgan fingerprint density at radius 3 is 2.26 bits per heavy atom. The van der Waals surface area contributed by atoms with Crippen molar-refractivity contribution in [3.8, 4) is 11.5 Å². The number of piperazine rings is 1. The van der Waals surface area contributed by atoms with Gasteiger partial charge in [0, 0.05) is 37.9 Å². The number of fused-ring (bicyclic) bond motifs is 1. The Morgan fingerprint density at radius 1 is 0.853 bits per heavy atom. The summed E-state index contributed by atoms with van der Waals surface area (Å²) in [7, 11) is 0. The first-order valence-corrected chi connectivity index (χ1v) is 12.5. The van der Waals surface area contributed by atoms with Crippen LogP contribution in [-0.2, 0) is 9.59 Å². The maximum Gasteiger partial charge on any atom is 0.267 e. The van der Waals surface area contributed by atoms with Crippen molar-refractivity contribution in [1.29, 1.82) is 0 Å². The summed E-state index contributed by atoms with van der Waals surface area (Å²) >= 11 is 0. The molecular formula is C27H33N3O4. The van der Waals surface area contributed by atoms with Gasteiger partial charge in [0.15, 0.2) is 11.5 Å². The highest BCUT2D eigenvalue weighted by atomic mass is 16.6. The van der Waals surface area contributed by atoms with Crippen LogP contribution in [0.3, 0.4) is 0 Å². The van der Waals surface area contributed by atoms with Crippen LogP contribution in [0.4, 0.5) is 5.69 Å². The Hall–Kier alpha value is -3.06. The zero-order chi connectivity index (χ0) is 23.3. The molecule has 7 heteroatoms. The van der Waals surface area contributed by atoms with E-state index in [1.54, 1.807) is 0 Å². The first kappa shape index (κ1) is 22.7. The first-order chi connectivity index (χ1) is 16.7. The van der Waals surface area contributed by atoms with Crippen LogP contribution in [0.2, 0.25) is 0 Å². The van der Waals surface area contributed by atoms with Gasteiger partial charge in [0.25, 0.3) is 5.91 Å². The minimum absolute atomic E-state index is 0.0476. The number of anilines is 1. The second kappa shape index (κ2) is 10.5. The molecule has 5 rings (SSSR count). The molecule has 34 heavy (non-hydrogen) atoms. The summed E-state index contributed by atoms with van der Waals surface area (Å²) < 4.78 is 11.6. The molecule has 0 radical (unpaired) electrons. The average Bonchev–Trinajstić information content (AvgIpc) is 2.90. The minimum atomic E-state index is -0.622. The Balaban J connectivity index is 1.17. The fourth-order valence-corrected chi connectivity index (χ4v) is 5.22. The number of carbonyl (C=O) groups is 2. The summed E-state index contributed by atoms with van der Waals surface area (Å²) in [5, 5.41) is 0. The predicted octanol–water partition coefficient (Wildman–Crippen LogP) is 3.34. The molecule has 2 amide bonds. The lowest BCUT2D eigenvalue weighted by Gasteiger charge is -2.39. The topological polar surface area (TPSA) is 62.3 Å². The first-order valence-electron chi connectivity index (χ1n) is 12.5. The predicted molar refractivity (Wildman–Crippen MR) is 130 cm³/mol. The molecule has 0 aromatic heterocycles. The van der Waals surface area contributed by atoms with E-state index in [1.165, 1.54) is 19.3 Å². The van der Waals surface area contributed by atoms with Crippen LogP contribution >= 0.6 is 0 Å². The highest BCUT2D eigenvalue weighted by Gasteiger charge is 2.34. The van der Waals surface area contributed by atoms with E-state index in [1.807, 2.05) is 64.4 Å². The van der Waals surface area contributed by atoms with Gasteiger partial charge in [0.2, 0.25) is 12.0 Å². The SMILES string of the molecule is O=C([C@H]1COc2ccccc2O1)N1CCN(CC(=O)N(c2ccccc2)C2CCCCC2)CC1. The van der Waals surface area contributed by atoms with E-state index >= 15 is 0 Å². The number of hydrogen-bond acceptors (Lipinski definition) is 5. The average molecular weight is 464 g/mol. The number of nitrogens with zero attached hydrogens (tertiary/aromatic N) is 3. The summed E-state index contributed by atoms with van der Waals surface area (Å²) in [4.78, 5) is 32.5. The Labute approximate surface area is 201 Å². The van der Waals surface area contributed by atoms with Gasteiger partial charge in [-0.3, -0.25) is 14.5 Å². The largest absolute Gasteiger partial charge is 0.485 e. The molecule has 1 saturated carbocycles. The Kier molecular flexibility index (Phi) is 7.00. The number of benzene rings is 2. The number of para-hydroxylation sites is 3. The van der Waals surface area contributed by atoms with Gasteiger partial charge in [0.05, 0.1) is 6.54 Å². The summed E-state index contributed by atoms with van der Waals surface area (Å²) in [5.74, 6) is 1.39. The highest BCUT2D eigenvalue weighted by Crippen LogP contribution is 2.31. The number of amides is 2. The quantitative estimate of drug-likeness (QED) is 0.681. The molecule has 0 unspecified atom stereocenters. The Morgan fingerprint density at radius 2 is 1.53 bits per heavy atom. The molecule has 3 aliphatic rings. The van der Waals surface area contributed by atoms with Gasteiger partial charge < -0.3 is 19.3 Å². The molecule has 2 fully saturated rings. The van der Waals surface area contributed by atoms with Gasteiger partial charge in [-0.25, -0.2) is 0 Å². The smallest absolute Gasteiger partial charge is 0.267 e. The van der Waals surface area contributed by atoms with Crippen molar-refractivity contribution in [2.75, 3.05) is 44.2 Å². The lowest BCUT2D eigenvalue weighted by molar-refractivity contribution is -0.143. The molecule has 7 nitrogen and oxygen atoms in total. The molecule has 1 atom stereocenters. The molecular weight excluding hydrogens is 430 g/mol. The lowest BCUT2D eigenvalue weighted by Crippen LogP contribution is -2.56. The van der Waals surface area contributed by atoms with Gasteiger partial charge in [-0.2, -0.15) is 0 Å². The van der Waals surface area contributed by atoms with Crippen molar-refractivity contribution < 1.29 is 19.1 Å². The molecule has 180 valence electrons. The highest BCUT2D eigenvalue weighted by molar-refractivity contribution is 5.95. The molecule has 2 aliphatic heterocycles. The molecule has 0 bridgehead atoms. The molecule has 0 spiro atoms. The van der Waals surface area contributed by atoms with Crippen molar-refractivity contribution in [3.63, 3.8) is 0 Å². The van der Waals surface area contributed by atoms with Crippen LogP contribution in [0.15, 0.2) is 54.6 Å². The summed E-state index contributed by atoms with van der Waals surface area (Å²) in [6, 6.07) is 17.8. The third-order valence-corrected chi connectivity index (χ3v) is 7.07. The molecule has 0 N–H and O–H groups in total. The van der Waals surface area contributed by atoms with Crippen LogP contribution in [-0.4, -0.2) is 73.1 Å². The number of rotatable bonds is 5. The second-order valence-corrected chi connectivity index (χ2v) is 9.36. The van der Waals surface area contributed by atoms with E-state index < -0.39 is 6.10 Å². The zero-order valence-corrected chi connectivity index (χ0v) is 19.6. The van der Waals surface area contributed by atoms with Crippen LogP contribution < -0.4 is 14.4 Å². The van der Waals surface area contributed by atoms with E-state index in [0.29, 0.717) is 44.2 Å². The van der Waals surface area contributed by atoms with Crippen molar-refractivity contribution in [3.05, 3.63) is 54.6 Å². The van der Waals surface area contributed by atoms with Crippen molar-refractivity contribution in [2.45, 2.75) is 44.2 Å². The zero-order valence-electron chi connectivity index (χ0n) is 19.6. The van der Waals surface area contributed by atoms with Crippen molar-refractivity contribution >= 4 is 17.5 Å². The summed E-state index contributed by atoms with van der Waals surface area (Å²) in [6.07, 6.45) is 5.12. The maximum absolute atomic E-state index is 13.5. The van der Waals surface area contributed by atoms with E-state index in [0.717, 1.165) is 18.5 Å². The van der Waals surface area contributed by atoms with Crippen LogP contribution in [0.25, 0.3) is 0 Å². The van der Waals surface area contributed by atoms with Crippen LogP contribution in [0.1, 0.15) is 32.1 Å². The van der Waals surface area contributed by atoms with Crippen LogP contribution in [0.5, 0.6) is 11.5 Å². The lowest BCUT2D eigenvalue weighted by atomic mass is 9.93. The number of ether oxygens (including phenoxy) is 2. The molecule has 1 aliphatic carbocycles. The second-order valence-electron chi connectivity index (χ2n) is 9.36. The molecule has 1 saturated heterocycles. The van der Waals surface area contributed by atoms with E-state index in [9.17, 15) is 9.59 Å². The maximum atomic E-state index is 13.5. The third kappa shape index (κ3) is 5.04. The fourth-order valence-electron chi connectivity index (χ4n) is 5.22. The fraction of sp³-hybridized carbons (Fsp3) is 0.481. The standard InChI is InChI=1S/C27H33N3O4/c31-26(30(21-9-3-1-4-10-21)22-11-5-2-6-12-22)19-28-15-17-29(18-16-28)27(32)25-20-33-23-13-7-8-14-24(23)34-25/h1,3-4,7-10,13-14,22,25H,2,5-6,11-12,15-20H2/t25-/m1/s1. The third-order valence-electron chi connectivity index (χ3n) is 7.07. The van der Waals surface area contributed by atoms with Gasteiger partial charge in [-0.15, -0.1) is 0 Å².